The van der Waals surface area contributed by atoms with Gasteiger partial charge in [-0.1, -0.05) is 40.0 Å². The maximum Gasteiger partial charge on any atom is 0.0727 e. The van der Waals surface area contributed by atoms with Gasteiger partial charge in [0.1, 0.15) is 0 Å². The van der Waals surface area contributed by atoms with E-state index < -0.39 is 0 Å². The maximum atomic E-state index is 5.99. The van der Waals surface area contributed by atoms with Crippen molar-refractivity contribution in [3.05, 3.63) is 0 Å². The van der Waals surface area contributed by atoms with Gasteiger partial charge in [-0.25, -0.2) is 0 Å². The molecule has 2 atom stereocenters. The van der Waals surface area contributed by atoms with E-state index in [2.05, 4.69) is 33.0 Å². The third-order valence-corrected chi connectivity index (χ3v) is 4.79. The zero-order valence-electron chi connectivity index (χ0n) is 13.6. The summed E-state index contributed by atoms with van der Waals surface area (Å²) in [6.07, 6.45) is 9.74. The molecule has 19 heavy (non-hydrogen) atoms. The van der Waals surface area contributed by atoms with Crippen LogP contribution < -0.4 is 5.32 Å². The average Bonchev–Trinajstić information content (AvgIpc) is 2.47. The van der Waals surface area contributed by atoms with Crippen molar-refractivity contribution in [2.75, 3.05) is 13.2 Å². The Morgan fingerprint density at radius 3 is 2.21 bits per heavy atom. The van der Waals surface area contributed by atoms with Gasteiger partial charge in [-0.3, -0.25) is 0 Å². The van der Waals surface area contributed by atoms with E-state index in [4.69, 9.17) is 4.74 Å². The molecule has 0 amide bonds. The van der Waals surface area contributed by atoms with Gasteiger partial charge in [0.25, 0.3) is 0 Å². The molecular weight excluding hydrogens is 234 g/mol. The van der Waals surface area contributed by atoms with Crippen molar-refractivity contribution in [2.45, 2.75) is 84.8 Å². The maximum absolute atomic E-state index is 5.99. The van der Waals surface area contributed by atoms with Gasteiger partial charge >= 0.3 is 0 Å². The monoisotopic (exact) mass is 269 g/mol. The highest BCUT2D eigenvalue weighted by atomic mass is 16.5. The summed E-state index contributed by atoms with van der Waals surface area (Å²) in [5, 5.41) is 3.78. The third-order valence-electron chi connectivity index (χ3n) is 4.79. The van der Waals surface area contributed by atoms with Crippen LogP contribution in [0.4, 0.5) is 0 Å². The largest absolute Gasteiger partial charge is 0.377 e. The van der Waals surface area contributed by atoms with Crippen molar-refractivity contribution in [2.24, 2.45) is 11.8 Å². The van der Waals surface area contributed by atoms with Crippen LogP contribution in [-0.4, -0.2) is 25.3 Å². The van der Waals surface area contributed by atoms with Crippen molar-refractivity contribution in [1.82, 2.24) is 5.32 Å². The lowest BCUT2D eigenvalue weighted by Crippen LogP contribution is -2.47. The van der Waals surface area contributed by atoms with Gasteiger partial charge in [0.2, 0.25) is 0 Å². The molecule has 0 aromatic carbocycles. The van der Waals surface area contributed by atoms with Crippen LogP contribution in [0.2, 0.25) is 0 Å². The lowest BCUT2D eigenvalue weighted by molar-refractivity contribution is 0.00663. The normalized spacial score (nSPS) is 27.2. The number of rotatable bonds is 9. The molecule has 2 unspecified atom stereocenters. The standard InChI is InChI=1S/C17H35NO/c1-5-13-18-17(16(7-3)19-8-4)15-11-9-14(6-2)10-12-15/h14-18H,5-13H2,1-4H3. The summed E-state index contributed by atoms with van der Waals surface area (Å²) in [6.45, 7) is 10.9. The van der Waals surface area contributed by atoms with E-state index in [0.29, 0.717) is 12.1 Å². The molecule has 0 aromatic rings. The van der Waals surface area contributed by atoms with Crippen LogP contribution in [0.5, 0.6) is 0 Å². The molecule has 0 radical (unpaired) electrons. The highest BCUT2D eigenvalue weighted by Crippen LogP contribution is 2.34. The Labute approximate surface area is 120 Å². The fourth-order valence-electron chi connectivity index (χ4n) is 3.56. The van der Waals surface area contributed by atoms with E-state index in [9.17, 15) is 0 Å². The predicted molar refractivity (Wildman–Crippen MR) is 83.5 cm³/mol. The minimum atomic E-state index is 0.403. The Balaban J connectivity index is 2.57. The average molecular weight is 269 g/mol. The van der Waals surface area contributed by atoms with Crippen LogP contribution in [0.25, 0.3) is 0 Å². The zero-order valence-corrected chi connectivity index (χ0v) is 13.6. The van der Waals surface area contributed by atoms with E-state index in [0.717, 1.165) is 31.4 Å². The van der Waals surface area contributed by atoms with Crippen LogP contribution in [-0.2, 0) is 4.74 Å². The summed E-state index contributed by atoms with van der Waals surface area (Å²) in [5.74, 6) is 1.81. The van der Waals surface area contributed by atoms with Crippen LogP contribution in [0.3, 0.4) is 0 Å². The van der Waals surface area contributed by atoms with E-state index in [1.807, 2.05) is 0 Å². The Hall–Kier alpha value is -0.0800. The molecule has 1 fully saturated rings. The van der Waals surface area contributed by atoms with Gasteiger partial charge in [-0.2, -0.15) is 0 Å². The fourth-order valence-corrected chi connectivity index (χ4v) is 3.56. The smallest absolute Gasteiger partial charge is 0.0727 e. The van der Waals surface area contributed by atoms with Crippen LogP contribution >= 0.6 is 0 Å². The van der Waals surface area contributed by atoms with Crippen molar-refractivity contribution >= 4 is 0 Å². The van der Waals surface area contributed by atoms with Gasteiger partial charge < -0.3 is 10.1 Å². The molecule has 0 aromatic heterocycles. The van der Waals surface area contributed by atoms with E-state index in [1.165, 1.54) is 38.5 Å². The first-order valence-electron chi connectivity index (χ1n) is 8.61. The highest BCUT2D eigenvalue weighted by Gasteiger charge is 2.31. The van der Waals surface area contributed by atoms with Gasteiger partial charge in [-0.05, 0) is 51.0 Å². The zero-order chi connectivity index (χ0) is 14.1. The Morgan fingerprint density at radius 1 is 1.05 bits per heavy atom. The number of hydrogen-bond acceptors (Lipinski definition) is 2. The van der Waals surface area contributed by atoms with Gasteiger partial charge in [0, 0.05) is 12.6 Å². The molecule has 0 bridgehead atoms. The molecule has 1 aliphatic rings. The van der Waals surface area contributed by atoms with Crippen LogP contribution in [0.15, 0.2) is 0 Å². The summed E-state index contributed by atoms with van der Waals surface area (Å²) >= 11 is 0. The summed E-state index contributed by atoms with van der Waals surface area (Å²) < 4.78 is 5.99. The van der Waals surface area contributed by atoms with Crippen molar-refractivity contribution in [3.63, 3.8) is 0 Å². The minimum Gasteiger partial charge on any atom is -0.377 e. The molecule has 0 heterocycles. The van der Waals surface area contributed by atoms with Crippen molar-refractivity contribution in [3.8, 4) is 0 Å². The lowest BCUT2D eigenvalue weighted by Gasteiger charge is -2.38. The first-order valence-corrected chi connectivity index (χ1v) is 8.61. The van der Waals surface area contributed by atoms with E-state index in [1.54, 1.807) is 0 Å². The van der Waals surface area contributed by atoms with Gasteiger partial charge in [0.05, 0.1) is 6.10 Å². The first kappa shape index (κ1) is 17.0. The van der Waals surface area contributed by atoms with Crippen molar-refractivity contribution < 1.29 is 4.74 Å². The molecule has 2 nitrogen and oxygen atoms in total. The Morgan fingerprint density at radius 2 is 1.74 bits per heavy atom. The summed E-state index contributed by atoms with van der Waals surface area (Å²) in [7, 11) is 0. The molecule has 1 saturated carbocycles. The van der Waals surface area contributed by atoms with E-state index in [-0.39, 0.29) is 0 Å². The number of hydrogen-bond donors (Lipinski definition) is 1. The number of ether oxygens (including phenoxy) is 1. The fraction of sp³-hybridized carbons (Fsp3) is 1.00. The Bertz CT molecular complexity index is 211. The quantitative estimate of drug-likeness (QED) is 0.670. The van der Waals surface area contributed by atoms with E-state index >= 15 is 0 Å². The summed E-state index contributed by atoms with van der Waals surface area (Å²) in [6, 6.07) is 0.572. The SMILES string of the molecule is CCCNC(C1CCC(CC)CC1)C(CC)OCC. The minimum absolute atomic E-state index is 0.403. The molecule has 0 saturated heterocycles. The van der Waals surface area contributed by atoms with Gasteiger partial charge in [0.15, 0.2) is 0 Å². The highest BCUT2D eigenvalue weighted by molar-refractivity contribution is 4.87. The third kappa shape index (κ3) is 5.43. The number of nitrogens with one attached hydrogen (secondary N) is 1. The molecule has 114 valence electrons. The molecular formula is C17H35NO. The predicted octanol–water partition coefficient (Wildman–Crippen LogP) is 4.39. The molecule has 1 rings (SSSR count). The summed E-state index contributed by atoms with van der Waals surface area (Å²) in [5.41, 5.74) is 0. The first-order chi connectivity index (χ1) is 9.26. The molecule has 1 aliphatic carbocycles. The molecule has 2 heteroatoms. The molecule has 1 N–H and O–H groups in total. The molecule has 0 aliphatic heterocycles. The van der Waals surface area contributed by atoms with Crippen molar-refractivity contribution in [1.29, 1.82) is 0 Å². The second-order valence-corrected chi connectivity index (χ2v) is 6.07. The summed E-state index contributed by atoms with van der Waals surface area (Å²) in [4.78, 5) is 0. The topological polar surface area (TPSA) is 21.3 Å². The lowest BCUT2D eigenvalue weighted by atomic mass is 9.76. The van der Waals surface area contributed by atoms with Crippen LogP contribution in [0.1, 0.15) is 72.6 Å². The molecule has 0 spiro atoms. The Kier molecular flexibility index (Phi) is 8.72. The second kappa shape index (κ2) is 9.77. The van der Waals surface area contributed by atoms with Crippen LogP contribution in [0, 0.1) is 11.8 Å². The van der Waals surface area contributed by atoms with Gasteiger partial charge in [-0.15, -0.1) is 0 Å². The second-order valence-electron chi connectivity index (χ2n) is 6.07.